The predicted molar refractivity (Wildman–Crippen MR) is 79.3 cm³/mol. The van der Waals surface area contributed by atoms with E-state index in [-0.39, 0.29) is 23.6 Å². The van der Waals surface area contributed by atoms with Crippen molar-refractivity contribution in [2.75, 3.05) is 11.9 Å². The van der Waals surface area contributed by atoms with Crippen molar-refractivity contribution in [3.8, 4) is 11.5 Å². The number of hydrogen-bond acceptors (Lipinski definition) is 4. The number of rotatable bonds is 2. The van der Waals surface area contributed by atoms with Gasteiger partial charge in [-0.3, -0.25) is 4.79 Å². The highest BCUT2D eigenvalue weighted by Crippen LogP contribution is 2.35. The molecule has 1 aliphatic rings. The Balaban J connectivity index is 2.06. The van der Waals surface area contributed by atoms with Gasteiger partial charge in [-0.2, -0.15) is 0 Å². The van der Waals surface area contributed by atoms with Crippen LogP contribution in [0.2, 0.25) is 0 Å². The number of para-hydroxylation sites is 1. The fourth-order valence-corrected chi connectivity index (χ4v) is 2.59. The molecule has 1 amide bonds. The number of phenolic OH excluding ortho intramolecular Hbond substituents is 2. The summed E-state index contributed by atoms with van der Waals surface area (Å²) in [6, 6.07) is 11.9. The number of aromatic hydroxyl groups is 2. The molecule has 5 heteroatoms. The minimum absolute atomic E-state index is 0.0515. The number of nitrogens with one attached hydrogen (secondary N) is 1. The average Bonchev–Trinajstić information content (AvgIpc) is 2.50. The molecule has 3 rings (SSSR count). The molecule has 0 fully saturated rings. The van der Waals surface area contributed by atoms with E-state index in [2.05, 4.69) is 5.32 Å². The zero-order valence-corrected chi connectivity index (χ0v) is 11.6. The molecule has 0 aromatic heterocycles. The Morgan fingerprint density at radius 2 is 1.90 bits per heavy atom. The zero-order chi connectivity index (χ0) is 15.0. The Bertz CT molecular complexity index is 700. The third-order valence-corrected chi connectivity index (χ3v) is 3.68. The van der Waals surface area contributed by atoms with Crippen molar-refractivity contribution >= 4 is 11.6 Å². The predicted octanol–water partition coefficient (Wildman–Crippen LogP) is 2.68. The van der Waals surface area contributed by atoms with Crippen molar-refractivity contribution in [2.45, 2.75) is 13.1 Å². The summed E-state index contributed by atoms with van der Waals surface area (Å²) < 4.78 is 0. The number of carbonyl (C=O) groups excluding carboxylic acids is 1. The first-order chi connectivity index (χ1) is 10.1. The van der Waals surface area contributed by atoms with Crippen LogP contribution >= 0.6 is 0 Å². The third kappa shape index (κ3) is 2.16. The van der Waals surface area contributed by atoms with E-state index in [4.69, 9.17) is 0 Å². The fraction of sp³-hybridized carbons (Fsp3) is 0.188. The fourth-order valence-electron chi connectivity index (χ4n) is 2.59. The van der Waals surface area contributed by atoms with E-state index >= 15 is 0 Å². The van der Waals surface area contributed by atoms with Crippen molar-refractivity contribution in [2.24, 2.45) is 0 Å². The molecule has 1 heterocycles. The van der Waals surface area contributed by atoms with Crippen molar-refractivity contribution in [3.05, 3.63) is 53.6 Å². The smallest absolute Gasteiger partial charge is 0.257 e. The van der Waals surface area contributed by atoms with Gasteiger partial charge in [0.15, 0.2) is 11.5 Å². The van der Waals surface area contributed by atoms with Gasteiger partial charge >= 0.3 is 0 Å². The molecular formula is C16H16N2O3. The maximum absolute atomic E-state index is 12.6. The van der Waals surface area contributed by atoms with Crippen molar-refractivity contribution < 1.29 is 15.0 Å². The van der Waals surface area contributed by atoms with Crippen LogP contribution in [0.5, 0.6) is 11.5 Å². The summed E-state index contributed by atoms with van der Waals surface area (Å²) in [7, 11) is 0. The quantitative estimate of drug-likeness (QED) is 0.741. The Kier molecular flexibility index (Phi) is 3.17. The molecule has 3 N–H and O–H groups in total. The van der Waals surface area contributed by atoms with Crippen LogP contribution < -0.4 is 5.32 Å². The topological polar surface area (TPSA) is 72.8 Å². The van der Waals surface area contributed by atoms with Gasteiger partial charge < -0.3 is 20.4 Å². The van der Waals surface area contributed by atoms with Crippen molar-refractivity contribution in [1.82, 2.24) is 4.90 Å². The van der Waals surface area contributed by atoms with E-state index in [1.54, 1.807) is 17.0 Å². The molecule has 2 aromatic rings. The molecule has 0 saturated carbocycles. The summed E-state index contributed by atoms with van der Waals surface area (Å²) >= 11 is 0. The summed E-state index contributed by atoms with van der Waals surface area (Å²) in [6.07, 6.45) is -0.371. The van der Waals surface area contributed by atoms with E-state index in [1.165, 1.54) is 12.1 Å². The highest BCUT2D eigenvalue weighted by atomic mass is 16.3. The molecule has 1 aliphatic heterocycles. The average molecular weight is 284 g/mol. The van der Waals surface area contributed by atoms with Gasteiger partial charge in [0, 0.05) is 12.2 Å². The first-order valence-corrected chi connectivity index (χ1v) is 6.80. The van der Waals surface area contributed by atoms with Crippen LogP contribution in [0.4, 0.5) is 5.69 Å². The van der Waals surface area contributed by atoms with Crippen LogP contribution in [0.25, 0.3) is 0 Å². The Labute approximate surface area is 122 Å². The number of fused-ring (bicyclic) bond motifs is 1. The van der Waals surface area contributed by atoms with Gasteiger partial charge in [-0.25, -0.2) is 0 Å². The van der Waals surface area contributed by atoms with E-state index in [1.807, 2.05) is 25.1 Å². The normalized spacial score (nSPS) is 17.3. The molecule has 21 heavy (non-hydrogen) atoms. The van der Waals surface area contributed by atoms with Gasteiger partial charge in [-0.15, -0.1) is 0 Å². The summed E-state index contributed by atoms with van der Waals surface area (Å²) in [4.78, 5) is 14.2. The molecule has 0 radical (unpaired) electrons. The van der Waals surface area contributed by atoms with E-state index in [0.717, 1.165) is 11.3 Å². The lowest BCUT2D eigenvalue weighted by molar-refractivity contribution is 0.0694. The van der Waals surface area contributed by atoms with Crippen molar-refractivity contribution in [3.63, 3.8) is 0 Å². The summed E-state index contributed by atoms with van der Waals surface area (Å²) in [5.74, 6) is -0.426. The zero-order valence-electron chi connectivity index (χ0n) is 11.6. The molecule has 0 spiro atoms. The molecule has 0 bridgehead atoms. The standard InChI is InChI=1S/C16H16N2O3/c1-2-18-15(10-7-8-13(19)14(20)9-10)17-12-6-4-3-5-11(12)16(18)21/h3-9,15,17,19-20H,2H2,1H3/t15-/m1/s1. The molecule has 1 atom stereocenters. The first kappa shape index (κ1) is 13.3. The molecule has 0 aliphatic carbocycles. The van der Waals surface area contributed by atoms with Gasteiger partial charge in [-0.1, -0.05) is 18.2 Å². The highest BCUT2D eigenvalue weighted by Gasteiger charge is 2.31. The lowest BCUT2D eigenvalue weighted by Gasteiger charge is -2.37. The van der Waals surface area contributed by atoms with Crippen molar-refractivity contribution in [1.29, 1.82) is 0 Å². The lowest BCUT2D eigenvalue weighted by atomic mass is 10.0. The van der Waals surface area contributed by atoms with E-state index < -0.39 is 0 Å². The van der Waals surface area contributed by atoms with Crippen LogP contribution in [-0.4, -0.2) is 27.6 Å². The minimum Gasteiger partial charge on any atom is -0.504 e. The number of anilines is 1. The van der Waals surface area contributed by atoms with Crippen LogP contribution in [0, 0.1) is 0 Å². The molecule has 0 unspecified atom stereocenters. The summed E-state index contributed by atoms with van der Waals surface area (Å²) in [6.45, 7) is 2.44. The van der Waals surface area contributed by atoms with Crippen LogP contribution in [0.1, 0.15) is 29.0 Å². The van der Waals surface area contributed by atoms with Gasteiger partial charge in [0.25, 0.3) is 5.91 Å². The lowest BCUT2D eigenvalue weighted by Crippen LogP contribution is -2.42. The van der Waals surface area contributed by atoms with Crippen LogP contribution in [-0.2, 0) is 0 Å². The van der Waals surface area contributed by atoms with E-state index in [0.29, 0.717) is 12.1 Å². The summed E-state index contributed by atoms with van der Waals surface area (Å²) in [5, 5.41) is 22.4. The van der Waals surface area contributed by atoms with Gasteiger partial charge in [0.05, 0.1) is 5.56 Å². The molecular weight excluding hydrogens is 268 g/mol. The van der Waals surface area contributed by atoms with Crippen LogP contribution in [0.3, 0.4) is 0 Å². The number of hydrogen-bond donors (Lipinski definition) is 3. The number of nitrogens with zero attached hydrogens (tertiary/aromatic N) is 1. The second-order valence-electron chi connectivity index (χ2n) is 4.93. The first-order valence-electron chi connectivity index (χ1n) is 6.80. The number of carbonyl (C=O) groups is 1. The largest absolute Gasteiger partial charge is 0.504 e. The monoisotopic (exact) mass is 284 g/mol. The van der Waals surface area contributed by atoms with Gasteiger partial charge in [0.2, 0.25) is 0 Å². The minimum atomic E-state index is -0.371. The van der Waals surface area contributed by atoms with Gasteiger partial charge in [-0.05, 0) is 36.8 Å². The van der Waals surface area contributed by atoms with Gasteiger partial charge in [0.1, 0.15) is 6.17 Å². The SMILES string of the molecule is CCN1C(=O)c2ccccc2N[C@H]1c1ccc(O)c(O)c1. The molecule has 5 nitrogen and oxygen atoms in total. The maximum atomic E-state index is 12.6. The number of phenols is 2. The van der Waals surface area contributed by atoms with E-state index in [9.17, 15) is 15.0 Å². The van der Waals surface area contributed by atoms with Crippen LogP contribution in [0.15, 0.2) is 42.5 Å². The Morgan fingerprint density at radius 1 is 1.14 bits per heavy atom. The third-order valence-electron chi connectivity index (χ3n) is 3.68. The highest BCUT2D eigenvalue weighted by molar-refractivity contribution is 6.01. The molecule has 2 aromatic carbocycles. The second kappa shape index (κ2) is 5.01. The molecule has 108 valence electrons. The number of amides is 1. The maximum Gasteiger partial charge on any atom is 0.257 e. The number of benzene rings is 2. The summed E-state index contributed by atoms with van der Waals surface area (Å²) in [5.41, 5.74) is 2.12. The molecule has 0 saturated heterocycles. The Morgan fingerprint density at radius 3 is 2.62 bits per heavy atom. The second-order valence-corrected chi connectivity index (χ2v) is 4.93. The Hall–Kier alpha value is -2.69.